The number of benzene rings is 1. The van der Waals surface area contributed by atoms with Crippen LogP contribution < -0.4 is 4.72 Å². The predicted molar refractivity (Wildman–Crippen MR) is 80.8 cm³/mol. The van der Waals surface area contributed by atoms with Crippen LogP contribution in [0.3, 0.4) is 0 Å². The van der Waals surface area contributed by atoms with E-state index in [2.05, 4.69) is 27.3 Å². The number of sulfonamides is 1. The van der Waals surface area contributed by atoms with Crippen LogP contribution in [0.15, 0.2) is 24.3 Å². The Morgan fingerprint density at radius 2 is 1.89 bits per heavy atom. The highest BCUT2D eigenvalue weighted by molar-refractivity contribution is 14.1. The maximum absolute atomic E-state index is 11.5. The van der Waals surface area contributed by atoms with Gasteiger partial charge in [-0.15, -0.1) is 0 Å². The summed E-state index contributed by atoms with van der Waals surface area (Å²) in [6, 6.07) is 7.36. The van der Waals surface area contributed by atoms with Crippen LogP contribution in [0.4, 0.5) is 0 Å². The summed E-state index contributed by atoms with van der Waals surface area (Å²) < 4.78 is 26.6. The van der Waals surface area contributed by atoms with Gasteiger partial charge in [-0.05, 0) is 53.6 Å². The van der Waals surface area contributed by atoms with Gasteiger partial charge in [-0.1, -0.05) is 19.1 Å². The van der Waals surface area contributed by atoms with Crippen LogP contribution in [0.2, 0.25) is 0 Å². The highest BCUT2D eigenvalue weighted by Gasteiger charge is 2.25. The molecule has 0 aliphatic carbocycles. The Bertz CT molecular complexity index is 483. The fraction of sp³-hybridized carbons (Fsp3) is 0.500. The molecule has 0 aromatic heterocycles. The third-order valence-electron chi connectivity index (χ3n) is 2.58. The normalized spacial score (nSPS) is 15.3. The zero-order valence-electron chi connectivity index (χ0n) is 10.5. The molecule has 0 fully saturated rings. The van der Waals surface area contributed by atoms with Crippen molar-refractivity contribution in [3.05, 3.63) is 33.4 Å². The third kappa shape index (κ3) is 4.83. The fourth-order valence-electron chi connectivity index (χ4n) is 1.50. The number of hydrogen-bond donors (Lipinski definition) is 2. The minimum Gasteiger partial charge on any atom is -0.384 e. The van der Waals surface area contributed by atoms with E-state index in [1.807, 2.05) is 12.1 Å². The molecule has 0 spiro atoms. The Labute approximate surface area is 122 Å². The Balaban J connectivity index is 2.73. The van der Waals surface area contributed by atoms with Gasteiger partial charge in [-0.25, -0.2) is 13.1 Å². The van der Waals surface area contributed by atoms with Gasteiger partial charge in [0.05, 0.1) is 5.75 Å². The van der Waals surface area contributed by atoms with Crippen molar-refractivity contribution in [3.63, 3.8) is 0 Å². The van der Waals surface area contributed by atoms with E-state index in [1.54, 1.807) is 26.0 Å². The highest BCUT2D eigenvalue weighted by atomic mass is 127. The Hall–Kier alpha value is -0.180. The second-order valence-corrected chi connectivity index (χ2v) is 7.59. The van der Waals surface area contributed by atoms with E-state index in [0.29, 0.717) is 12.0 Å². The molecule has 1 rings (SSSR count). The first-order valence-corrected chi connectivity index (χ1v) is 8.46. The van der Waals surface area contributed by atoms with Crippen molar-refractivity contribution >= 4 is 32.6 Å². The predicted octanol–water partition coefficient (Wildman–Crippen LogP) is 1.83. The van der Waals surface area contributed by atoms with Crippen LogP contribution >= 0.6 is 22.6 Å². The van der Waals surface area contributed by atoms with Gasteiger partial charge in [0, 0.05) is 10.1 Å². The molecule has 6 heteroatoms. The molecule has 102 valence electrons. The zero-order chi connectivity index (χ0) is 13.8. The van der Waals surface area contributed by atoms with Gasteiger partial charge in [0.25, 0.3) is 0 Å². The Morgan fingerprint density at radius 3 is 2.39 bits per heavy atom. The summed E-state index contributed by atoms with van der Waals surface area (Å²) in [5.74, 6) is 0.0791. The molecule has 0 aliphatic heterocycles. The molecule has 1 aromatic carbocycles. The van der Waals surface area contributed by atoms with Gasteiger partial charge >= 0.3 is 0 Å². The van der Waals surface area contributed by atoms with Crippen LogP contribution in [-0.4, -0.2) is 25.8 Å². The van der Waals surface area contributed by atoms with Crippen LogP contribution in [0.1, 0.15) is 25.8 Å². The van der Waals surface area contributed by atoms with Gasteiger partial charge in [0.2, 0.25) is 10.0 Å². The number of hydrogen-bond acceptors (Lipinski definition) is 3. The molecule has 0 heterocycles. The Kier molecular flexibility index (Phi) is 5.57. The number of aliphatic hydroxyl groups is 1. The lowest BCUT2D eigenvalue weighted by atomic mass is 9.97. The van der Waals surface area contributed by atoms with Gasteiger partial charge < -0.3 is 5.11 Å². The average molecular weight is 383 g/mol. The first kappa shape index (κ1) is 15.9. The van der Waals surface area contributed by atoms with Crippen molar-refractivity contribution in [2.24, 2.45) is 0 Å². The number of nitrogens with one attached hydrogen (secondary N) is 1. The van der Waals surface area contributed by atoms with Crippen molar-refractivity contribution in [3.8, 4) is 0 Å². The van der Waals surface area contributed by atoms with E-state index < -0.39 is 15.6 Å². The largest absolute Gasteiger partial charge is 0.384 e. The first-order chi connectivity index (χ1) is 8.27. The highest BCUT2D eigenvalue weighted by Crippen LogP contribution is 2.20. The van der Waals surface area contributed by atoms with E-state index in [4.69, 9.17) is 0 Å². The average Bonchev–Trinajstić information content (AvgIpc) is 2.27. The molecule has 1 aromatic rings. The molecule has 4 nitrogen and oxygen atoms in total. The second kappa shape index (κ2) is 6.31. The summed E-state index contributed by atoms with van der Waals surface area (Å²) in [6.45, 7) is 3.39. The SMILES string of the molecule is CCCS(=O)(=O)NCC(C)(O)c1ccc(I)cc1. The molecule has 0 bridgehead atoms. The maximum Gasteiger partial charge on any atom is 0.211 e. The van der Waals surface area contributed by atoms with Crippen molar-refractivity contribution in [2.45, 2.75) is 25.9 Å². The van der Waals surface area contributed by atoms with Crippen molar-refractivity contribution in [1.29, 1.82) is 0 Å². The molecular formula is C12H18INO3S. The molecule has 1 unspecified atom stereocenters. The molecule has 0 aliphatic rings. The van der Waals surface area contributed by atoms with Crippen LogP contribution in [0, 0.1) is 3.57 Å². The summed E-state index contributed by atoms with van der Waals surface area (Å²) in [7, 11) is -3.29. The molecular weight excluding hydrogens is 365 g/mol. The topological polar surface area (TPSA) is 66.4 Å². The summed E-state index contributed by atoms with van der Waals surface area (Å²) >= 11 is 2.18. The molecule has 0 amide bonds. The number of halogens is 1. The van der Waals surface area contributed by atoms with Crippen molar-refractivity contribution in [1.82, 2.24) is 4.72 Å². The van der Waals surface area contributed by atoms with Crippen LogP contribution in [-0.2, 0) is 15.6 Å². The third-order valence-corrected chi connectivity index (χ3v) is 4.82. The first-order valence-electron chi connectivity index (χ1n) is 5.72. The van der Waals surface area contributed by atoms with Crippen LogP contribution in [0.25, 0.3) is 0 Å². The Morgan fingerprint density at radius 1 is 1.33 bits per heavy atom. The van der Waals surface area contributed by atoms with Gasteiger partial charge in [-0.3, -0.25) is 0 Å². The summed E-state index contributed by atoms with van der Waals surface area (Å²) in [5.41, 5.74) is -0.507. The minimum absolute atomic E-state index is 0.0179. The van der Waals surface area contributed by atoms with Crippen LogP contribution in [0.5, 0.6) is 0 Å². The summed E-state index contributed by atoms with van der Waals surface area (Å²) in [6.07, 6.45) is 0.557. The van der Waals surface area contributed by atoms with Gasteiger partial charge in [-0.2, -0.15) is 0 Å². The van der Waals surface area contributed by atoms with Crippen molar-refractivity contribution in [2.75, 3.05) is 12.3 Å². The smallest absolute Gasteiger partial charge is 0.211 e. The van der Waals surface area contributed by atoms with Crippen molar-refractivity contribution < 1.29 is 13.5 Å². The monoisotopic (exact) mass is 383 g/mol. The molecule has 0 radical (unpaired) electrons. The molecule has 18 heavy (non-hydrogen) atoms. The molecule has 0 saturated carbocycles. The van der Waals surface area contributed by atoms with Gasteiger partial charge in [0.1, 0.15) is 5.60 Å². The lowest BCUT2D eigenvalue weighted by Gasteiger charge is -2.24. The standard InChI is InChI=1S/C12H18INO3S/c1-3-8-18(16,17)14-9-12(2,15)10-4-6-11(13)7-5-10/h4-7,14-15H,3,8-9H2,1-2H3. The minimum atomic E-state index is -3.29. The second-order valence-electron chi connectivity index (χ2n) is 4.42. The van der Waals surface area contributed by atoms with E-state index >= 15 is 0 Å². The zero-order valence-corrected chi connectivity index (χ0v) is 13.5. The summed E-state index contributed by atoms with van der Waals surface area (Å²) in [4.78, 5) is 0. The molecule has 1 atom stereocenters. The van der Waals surface area contributed by atoms with E-state index in [-0.39, 0.29) is 12.3 Å². The van der Waals surface area contributed by atoms with Gasteiger partial charge in [0.15, 0.2) is 0 Å². The van der Waals surface area contributed by atoms with E-state index in [1.165, 1.54) is 0 Å². The maximum atomic E-state index is 11.5. The lowest BCUT2D eigenvalue weighted by molar-refractivity contribution is 0.0627. The van der Waals surface area contributed by atoms with E-state index in [9.17, 15) is 13.5 Å². The molecule has 2 N–H and O–H groups in total. The lowest BCUT2D eigenvalue weighted by Crippen LogP contribution is -2.39. The fourth-order valence-corrected chi connectivity index (χ4v) is 3.04. The quantitative estimate of drug-likeness (QED) is 0.737. The molecule has 0 saturated heterocycles. The number of rotatable bonds is 6. The summed E-state index contributed by atoms with van der Waals surface area (Å²) in [5, 5.41) is 10.3. The van der Waals surface area contributed by atoms with E-state index in [0.717, 1.165) is 3.57 Å².